The Hall–Kier alpha value is -2.29. The van der Waals surface area contributed by atoms with Gasteiger partial charge in [0, 0.05) is 16.8 Å². The average molecular weight is 255 g/mol. The van der Waals surface area contributed by atoms with Crippen LogP contribution >= 0.6 is 0 Å². The first-order chi connectivity index (χ1) is 9.11. The van der Waals surface area contributed by atoms with Gasteiger partial charge < -0.3 is 10.4 Å². The third-order valence-corrected chi connectivity index (χ3v) is 3.18. The summed E-state index contributed by atoms with van der Waals surface area (Å²) in [6.07, 6.45) is 0.952. The smallest absolute Gasteiger partial charge is 0.255 e. The van der Waals surface area contributed by atoms with E-state index in [1.54, 1.807) is 25.1 Å². The molecule has 2 N–H and O–H groups in total. The lowest BCUT2D eigenvalue weighted by atomic mass is 10.1. The number of hydrogen-bond donors (Lipinski definition) is 2. The van der Waals surface area contributed by atoms with Crippen molar-refractivity contribution in [1.82, 2.24) is 0 Å². The summed E-state index contributed by atoms with van der Waals surface area (Å²) in [7, 11) is 0. The Balaban J connectivity index is 2.18. The van der Waals surface area contributed by atoms with Crippen molar-refractivity contribution >= 4 is 11.6 Å². The van der Waals surface area contributed by atoms with E-state index in [-0.39, 0.29) is 11.7 Å². The quantitative estimate of drug-likeness (QED) is 0.881. The van der Waals surface area contributed by atoms with Crippen LogP contribution in [0.15, 0.2) is 42.5 Å². The summed E-state index contributed by atoms with van der Waals surface area (Å²) in [5, 5.41) is 12.4. The molecule has 0 radical (unpaired) electrons. The van der Waals surface area contributed by atoms with Crippen LogP contribution in [0.2, 0.25) is 0 Å². The first-order valence-electron chi connectivity index (χ1n) is 6.30. The number of aromatic hydroxyl groups is 1. The molecule has 2 aromatic carbocycles. The molecule has 0 bridgehead atoms. The van der Waals surface area contributed by atoms with Crippen LogP contribution in [0.3, 0.4) is 0 Å². The highest BCUT2D eigenvalue weighted by atomic mass is 16.3. The van der Waals surface area contributed by atoms with Crippen molar-refractivity contribution in [3.63, 3.8) is 0 Å². The normalized spacial score (nSPS) is 10.2. The number of carbonyl (C=O) groups excluding carboxylic acids is 1. The van der Waals surface area contributed by atoms with Crippen LogP contribution in [0, 0.1) is 6.92 Å². The maximum atomic E-state index is 12.1. The van der Waals surface area contributed by atoms with Crippen molar-refractivity contribution < 1.29 is 9.90 Å². The molecule has 0 unspecified atom stereocenters. The minimum absolute atomic E-state index is 0.170. The van der Waals surface area contributed by atoms with Gasteiger partial charge in [-0.05, 0) is 43.2 Å². The zero-order valence-electron chi connectivity index (χ0n) is 11.1. The van der Waals surface area contributed by atoms with E-state index < -0.39 is 0 Å². The van der Waals surface area contributed by atoms with E-state index in [0.29, 0.717) is 16.8 Å². The minimum Gasteiger partial charge on any atom is -0.508 e. The summed E-state index contributed by atoms with van der Waals surface area (Å²) in [5.74, 6) is 0.00971. The molecule has 3 nitrogen and oxygen atoms in total. The Bertz CT molecular complexity index is 588. The van der Waals surface area contributed by atoms with Gasteiger partial charge >= 0.3 is 0 Å². The fraction of sp³-hybridized carbons (Fsp3) is 0.188. The predicted molar refractivity (Wildman–Crippen MR) is 76.6 cm³/mol. The number of amides is 1. The van der Waals surface area contributed by atoms with Gasteiger partial charge in [0.2, 0.25) is 0 Å². The summed E-state index contributed by atoms with van der Waals surface area (Å²) >= 11 is 0. The molecule has 0 spiro atoms. The number of hydrogen-bond acceptors (Lipinski definition) is 2. The topological polar surface area (TPSA) is 49.3 Å². The Morgan fingerprint density at radius 1 is 1.16 bits per heavy atom. The van der Waals surface area contributed by atoms with Crippen LogP contribution in [0.1, 0.15) is 28.4 Å². The molecule has 98 valence electrons. The molecular formula is C16H17NO2. The van der Waals surface area contributed by atoms with Crippen molar-refractivity contribution in [2.75, 3.05) is 5.32 Å². The Morgan fingerprint density at radius 2 is 1.84 bits per heavy atom. The highest BCUT2D eigenvalue weighted by Gasteiger charge is 2.09. The highest BCUT2D eigenvalue weighted by Crippen LogP contribution is 2.24. The van der Waals surface area contributed by atoms with Crippen LogP contribution in [-0.2, 0) is 6.42 Å². The minimum atomic E-state index is -0.170. The average Bonchev–Trinajstić information content (AvgIpc) is 2.44. The summed E-state index contributed by atoms with van der Waals surface area (Å²) in [4.78, 5) is 12.1. The van der Waals surface area contributed by atoms with Gasteiger partial charge in [-0.15, -0.1) is 0 Å². The molecule has 0 aliphatic carbocycles. The number of phenols is 1. The van der Waals surface area contributed by atoms with Crippen LogP contribution < -0.4 is 5.32 Å². The number of phenolic OH excluding ortho intramolecular Hbond substituents is 1. The van der Waals surface area contributed by atoms with Crippen molar-refractivity contribution in [3.05, 3.63) is 59.2 Å². The number of aryl methyl sites for hydroxylation is 1. The van der Waals surface area contributed by atoms with E-state index in [0.717, 1.165) is 6.42 Å². The van der Waals surface area contributed by atoms with Gasteiger partial charge in [0.25, 0.3) is 5.91 Å². The molecule has 1 amide bonds. The lowest BCUT2D eigenvalue weighted by Crippen LogP contribution is -2.12. The summed E-state index contributed by atoms with van der Waals surface area (Å²) in [5.41, 5.74) is 3.11. The van der Waals surface area contributed by atoms with Crippen molar-refractivity contribution in [3.8, 4) is 5.75 Å². The predicted octanol–water partition coefficient (Wildman–Crippen LogP) is 3.52. The summed E-state index contributed by atoms with van der Waals surface area (Å²) in [6.45, 7) is 3.84. The zero-order chi connectivity index (χ0) is 13.8. The van der Waals surface area contributed by atoms with E-state index in [4.69, 9.17) is 0 Å². The highest BCUT2D eigenvalue weighted by molar-refractivity contribution is 6.04. The van der Waals surface area contributed by atoms with Crippen LogP contribution in [0.4, 0.5) is 5.69 Å². The van der Waals surface area contributed by atoms with Gasteiger partial charge in [0.05, 0.1) is 0 Å². The fourth-order valence-corrected chi connectivity index (χ4v) is 1.85. The van der Waals surface area contributed by atoms with Crippen LogP contribution in [0.5, 0.6) is 5.75 Å². The first kappa shape index (κ1) is 13.1. The molecule has 0 aliphatic rings. The van der Waals surface area contributed by atoms with E-state index in [1.165, 1.54) is 5.56 Å². The van der Waals surface area contributed by atoms with E-state index in [9.17, 15) is 9.90 Å². The van der Waals surface area contributed by atoms with Crippen LogP contribution in [-0.4, -0.2) is 11.0 Å². The van der Waals surface area contributed by atoms with Gasteiger partial charge in [-0.2, -0.15) is 0 Å². The van der Waals surface area contributed by atoms with E-state index in [2.05, 4.69) is 12.2 Å². The van der Waals surface area contributed by atoms with Crippen LogP contribution in [0.25, 0.3) is 0 Å². The molecule has 0 atom stereocenters. The molecule has 2 aromatic rings. The molecule has 2 rings (SSSR count). The number of benzene rings is 2. The number of nitrogens with one attached hydrogen (secondary N) is 1. The Labute approximate surface area is 112 Å². The molecule has 0 aliphatic heterocycles. The molecular weight excluding hydrogens is 238 g/mol. The second-order valence-electron chi connectivity index (χ2n) is 4.45. The van der Waals surface area contributed by atoms with Gasteiger partial charge in [0.15, 0.2) is 0 Å². The number of carbonyl (C=O) groups is 1. The van der Waals surface area contributed by atoms with E-state index in [1.807, 2.05) is 24.3 Å². The van der Waals surface area contributed by atoms with Crippen molar-refractivity contribution in [1.29, 1.82) is 0 Å². The standard InChI is InChI=1S/C16H17NO2/c1-3-12-7-9-13(10-8-12)16(19)17-14-5-4-6-15(18)11(14)2/h4-10,18H,3H2,1-2H3,(H,17,19). The summed E-state index contributed by atoms with van der Waals surface area (Å²) < 4.78 is 0. The lowest BCUT2D eigenvalue weighted by molar-refractivity contribution is 0.102. The first-order valence-corrected chi connectivity index (χ1v) is 6.30. The van der Waals surface area contributed by atoms with Crippen molar-refractivity contribution in [2.24, 2.45) is 0 Å². The van der Waals surface area contributed by atoms with Gasteiger partial charge in [-0.1, -0.05) is 25.1 Å². The molecule has 0 saturated carbocycles. The molecule has 3 heteroatoms. The third kappa shape index (κ3) is 2.94. The Morgan fingerprint density at radius 3 is 2.47 bits per heavy atom. The second-order valence-corrected chi connectivity index (χ2v) is 4.45. The van der Waals surface area contributed by atoms with Gasteiger partial charge in [-0.3, -0.25) is 4.79 Å². The van der Waals surface area contributed by atoms with Gasteiger partial charge in [-0.25, -0.2) is 0 Å². The fourth-order valence-electron chi connectivity index (χ4n) is 1.85. The maximum Gasteiger partial charge on any atom is 0.255 e. The van der Waals surface area contributed by atoms with E-state index >= 15 is 0 Å². The summed E-state index contributed by atoms with van der Waals surface area (Å²) in [6, 6.07) is 12.6. The molecule has 0 saturated heterocycles. The van der Waals surface area contributed by atoms with Crippen molar-refractivity contribution in [2.45, 2.75) is 20.3 Å². The molecule has 0 fully saturated rings. The SMILES string of the molecule is CCc1ccc(C(=O)Nc2cccc(O)c2C)cc1. The lowest BCUT2D eigenvalue weighted by Gasteiger charge is -2.09. The maximum absolute atomic E-state index is 12.1. The largest absolute Gasteiger partial charge is 0.508 e. The number of anilines is 1. The zero-order valence-corrected chi connectivity index (χ0v) is 11.1. The molecule has 19 heavy (non-hydrogen) atoms. The molecule has 0 heterocycles. The Kier molecular flexibility index (Phi) is 3.85. The third-order valence-electron chi connectivity index (χ3n) is 3.18. The second kappa shape index (κ2) is 5.57. The monoisotopic (exact) mass is 255 g/mol. The number of rotatable bonds is 3. The molecule has 0 aromatic heterocycles. The van der Waals surface area contributed by atoms with Gasteiger partial charge in [0.1, 0.15) is 5.75 Å².